The number of nitrogens with two attached hydrogens (primary N) is 1. The number of ether oxygens (including phenoxy) is 2. The number of carbonyl (C=O) groups excluding carboxylic acids is 7. The van der Waals surface area contributed by atoms with Crippen molar-refractivity contribution in [3.63, 3.8) is 0 Å². The zero-order valence-corrected chi connectivity index (χ0v) is 33.0. The standard InChI is InChI=1S/C38H57ClN6O9/c1-7-12-27(32(47)35(50)41-19-29(46)43-30(33(40)48)24-15-11-16-25(39)17-24)42-34(49)28-18-26(54-38(4,5)6)20-45(28)36(51)31(23-13-9-8-10-14-23)44-37(52)53-21-22(2)3/h11,15-17,22-23,26-28,30-31H,7-10,12-14,18-21H2,1-6H3,(H2,40,48)(H,41,50)(H,42,49)(H,43,46)(H,44,52)/t26-,27?,28+,30?,31+/m1/s1. The van der Waals surface area contributed by atoms with E-state index in [1.165, 1.54) is 11.0 Å². The lowest BCUT2D eigenvalue weighted by molar-refractivity contribution is -0.143. The van der Waals surface area contributed by atoms with Crippen LogP contribution in [0.4, 0.5) is 4.79 Å². The Morgan fingerprint density at radius 3 is 2.28 bits per heavy atom. The maximum atomic E-state index is 14.4. The predicted octanol–water partition coefficient (Wildman–Crippen LogP) is 3.07. The summed E-state index contributed by atoms with van der Waals surface area (Å²) in [6.45, 7) is 10.8. The van der Waals surface area contributed by atoms with Crippen LogP contribution in [0.25, 0.3) is 0 Å². The number of Topliss-reactive ketones (excluding diaryl/α,β-unsaturated/α-hetero) is 1. The van der Waals surface area contributed by atoms with E-state index < -0.39 is 83.8 Å². The van der Waals surface area contributed by atoms with Crippen LogP contribution in [0.5, 0.6) is 0 Å². The first kappa shape index (κ1) is 44.2. The summed E-state index contributed by atoms with van der Waals surface area (Å²) in [4.78, 5) is 93.8. The number of alkyl carbamates (subject to hydrolysis) is 1. The van der Waals surface area contributed by atoms with Gasteiger partial charge in [-0.05, 0) is 69.6 Å². The van der Waals surface area contributed by atoms with Crippen LogP contribution >= 0.6 is 11.6 Å². The van der Waals surface area contributed by atoms with Crippen molar-refractivity contribution in [2.75, 3.05) is 19.7 Å². The van der Waals surface area contributed by atoms with E-state index >= 15 is 0 Å². The Bertz CT molecular complexity index is 1510. The van der Waals surface area contributed by atoms with Crippen LogP contribution in [-0.4, -0.2) is 95.8 Å². The zero-order chi connectivity index (χ0) is 40.2. The average Bonchev–Trinajstić information content (AvgIpc) is 3.52. The number of hydrogen-bond donors (Lipinski definition) is 5. The fraction of sp³-hybridized carbons (Fsp3) is 0.658. The number of likely N-dealkylation sites (tertiary alicyclic amines) is 1. The van der Waals surface area contributed by atoms with Crippen LogP contribution in [0.15, 0.2) is 24.3 Å². The summed E-state index contributed by atoms with van der Waals surface area (Å²) in [6, 6.07) is 1.66. The number of carbonyl (C=O) groups is 7. The van der Waals surface area contributed by atoms with Crippen molar-refractivity contribution in [1.29, 1.82) is 0 Å². The number of primary amides is 1. The number of amides is 6. The van der Waals surface area contributed by atoms with Crippen LogP contribution in [0.3, 0.4) is 0 Å². The Balaban J connectivity index is 1.76. The van der Waals surface area contributed by atoms with Crippen LogP contribution in [-0.2, 0) is 38.2 Å². The van der Waals surface area contributed by atoms with Crippen LogP contribution < -0.4 is 27.0 Å². The molecule has 300 valence electrons. The van der Waals surface area contributed by atoms with E-state index in [1.807, 2.05) is 34.6 Å². The third kappa shape index (κ3) is 13.6. The van der Waals surface area contributed by atoms with Crippen LogP contribution in [0.2, 0.25) is 5.02 Å². The highest BCUT2D eigenvalue weighted by molar-refractivity contribution is 6.38. The molecule has 1 aromatic rings. The lowest BCUT2D eigenvalue weighted by Gasteiger charge is -2.34. The second kappa shape index (κ2) is 20.4. The summed E-state index contributed by atoms with van der Waals surface area (Å²) in [7, 11) is 0. The summed E-state index contributed by atoms with van der Waals surface area (Å²) in [5, 5.41) is 10.5. The zero-order valence-electron chi connectivity index (χ0n) is 32.2. The van der Waals surface area contributed by atoms with Crippen molar-refractivity contribution < 1.29 is 43.0 Å². The van der Waals surface area contributed by atoms with Crippen LogP contribution in [0, 0.1) is 11.8 Å². The highest BCUT2D eigenvalue weighted by Gasteiger charge is 2.46. The largest absolute Gasteiger partial charge is 0.449 e. The molecule has 6 N–H and O–H groups in total. The molecule has 0 aromatic heterocycles. The molecule has 0 spiro atoms. The molecule has 2 aliphatic rings. The molecule has 2 fully saturated rings. The van der Waals surface area contributed by atoms with Crippen molar-refractivity contribution in [3.8, 4) is 0 Å². The van der Waals surface area contributed by atoms with E-state index in [2.05, 4.69) is 21.3 Å². The number of ketones is 1. The minimum Gasteiger partial charge on any atom is -0.449 e. The minimum atomic E-state index is -1.27. The predicted molar refractivity (Wildman–Crippen MR) is 201 cm³/mol. The van der Waals surface area contributed by atoms with Crippen molar-refractivity contribution in [3.05, 3.63) is 34.9 Å². The molecule has 3 rings (SSSR count). The molecule has 1 aliphatic heterocycles. The molecule has 15 nitrogen and oxygen atoms in total. The van der Waals surface area contributed by atoms with Gasteiger partial charge in [-0.2, -0.15) is 0 Å². The number of benzene rings is 1. The average molecular weight is 777 g/mol. The Kier molecular flexibility index (Phi) is 16.7. The SMILES string of the molecule is CCCC(NC(=O)[C@@H]1C[C@@H](OC(C)(C)C)CN1C(=O)[C@@H](NC(=O)OCC(C)C)C1CCCCC1)C(=O)C(=O)NCC(=O)NC(C(N)=O)c1cccc(Cl)c1. The molecule has 0 bridgehead atoms. The molecule has 1 aliphatic carbocycles. The maximum absolute atomic E-state index is 14.4. The molecule has 0 radical (unpaired) electrons. The molecule has 1 aromatic carbocycles. The van der Waals surface area contributed by atoms with Gasteiger partial charge in [-0.25, -0.2) is 4.79 Å². The van der Waals surface area contributed by atoms with E-state index in [0.29, 0.717) is 17.0 Å². The summed E-state index contributed by atoms with van der Waals surface area (Å²) in [5.74, 6) is -4.95. The maximum Gasteiger partial charge on any atom is 0.407 e. The summed E-state index contributed by atoms with van der Waals surface area (Å²) < 4.78 is 11.6. The van der Waals surface area contributed by atoms with Crippen molar-refractivity contribution >= 4 is 53.0 Å². The van der Waals surface area contributed by atoms with Crippen molar-refractivity contribution in [2.24, 2.45) is 17.6 Å². The second-order valence-corrected chi connectivity index (χ2v) is 15.9. The first-order chi connectivity index (χ1) is 25.4. The lowest BCUT2D eigenvalue weighted by Crippen LogP contribution is -2.58. The van der Waals surface area contributed by atoms with Gasteiger partial charge >= 0.3 is 6.09 Å². The van der Waals surface area contributed by atoms with Gasteiger partial charge in [0.15, 0.2) is 0 Å². The van der Waals surface area contributed by atoms with E-state index in [9.17, 15) is 33.6 Å². The topological polar surface area (TPSA) is 215 Å². The molecule has 1 heterocycles. The fourth-order valence-electron chi connectivity index (χ4n) is 6.76. The van der Waals surface area contributed by atoms with Gasteiger partial charge in [-0.3, -0.25) is 28.8 Å². The Labute approximate surface area is 322 Å². The Hall–Kier alpha value is -4.24. The Morgan fingerprint density at radius 2 is 1.69 bits per heavy atom. The van der Waals surface area contributed by atoms with Gasteiger partial charge in [0.05, 0.1) is 30.9 Å². The van der Waals surface area contributed by atoms with Gasteiger partial charge in [-0.15, -0.1) is 0 Å². The summed E-state index contributed by atoms with van der Waals surface area (Å²) in [6.07, 6.45) is 3.66. The molecule has 1 saturated heterocycles. The van der Waals surface area contributed by atoms with Gasteiger partial charge in [0, 0.05) is 18.0 Å². The van der Waals surface area contributed by atoms with Crippen molar-refractivity contribution in [1.82, 2.24) is 26.2 Å². The number of halogens is 1. The van der Waals surface area contributed by atoms with Crippen LogP contribution in [0.1, 0.15) is 105 Å². The quantitative estimate of drug-likeness (QED) is 0.147. The molecular weight excluding hydrogens is 720 g/mol. The number of nitrogens with zero attached hydrogens (tertiary/aromatic N) is 1. The molecule has 16 heteroatoms. The number of hydrogen-bond acceptors (Lipinski definition) is 9. The normalized spacial score (nSPS) is 19.3. The van der Waals surface area contributed by atoms with Crippen molar-refractivity contribution in [2.45, 2.75) is 129 Å². The molecule has 2 unspecified atom stereocenters. The monoisotopic (exact) mass is 776 g/mol. The fourth-order valence-corrected chi connectivity index (χ4v) is 6.96. The van der Waals surface area contributed by atoms with Gasteiger partial charge in [0.1, 0.15) is 18.1 Å². The summed E-state index contributed by atoms with van der Waals surface area (Å²) >= 11 is 6.00. The van der Waals surface area contributed by atoms with Gasteiger partial charge in [0.2, 0.25) is 29.4 Å². The second-order valence-electron chi connectivity index (χ2n) is 15.5. The van der Waals surface area contributed by atoms with E-state index in [4.69, 9.17) is 26.8 Å². The molecular formula is C38H57ClN6O9. The molecule has 5 atom stereocenters. The summed E-state index contributed by atoms with van der Waals surface area (Å²) in [5.41, 5.74) is 5.21. The van der Waals surface area contributed by atoms with E-state index in [-0.39, 0.29) is 37.8 Å². The smallest absolute Gasteiger partial charge is 0.407 e. The highest BCUT2D eigenvalue weighted by Crippen LogP contribution is 2.31. The third-order valence-corrected chi connectivity index (χ3v) is 9.43. The molecule has 6 amide bonds. The molecule has 54 heavy (non-hydrogen) atoms. The van der Waals surface area contributed by atoms with E-state index in [0.717, 1.165) is 32.1 Å². The van der Waals surface area contributed by atoms with Gasteiger partial charge in [0.25, 0.3) is 5.91 Å². The third-order valence-electron chi connectivity index (χ3n) is 9.19. The first-order valence-electron chi connectivity index (χ1n) is 18.8. The van der Waals surface area contributed by atoms with E-state index in [1.54, 1.807) is 25.1 Å². The number of rotatable bonds is 17. The molecule has 1 saturated carbocycles. The van der Waals surface area contributed by atoms with Gasteiger partial charge in [-0.1, -0.05) is 70.2 Å². The lowest BCUT2D eigenvalue weighted by atomic mass is 9.83. The first-order valence-corrected chi connectivity index (χ1v) is 19.2. The highest BCUT2D eigenvalue weighted by atomic mass is 35.5. The number of nitrogens with one attached hydrogen (secondary N) is 4. The van der Waals surface area contributed by atoms with Gasteiger partial charge < -0.3 is 41.4 Å². The minimum absolute atomic E-state index is 0.0730. The Morgan fingerprint density at radius 1 is 1.00 bits per heavy atom.